The minimum atomic E-state index is -1.56. The molecular formula is C21H36N6O6. The normalized spacial score (nSPS) is 16.7. The Kier molecular flexibility index (Phi) is 11.0. The molecule has 12 nitrogen and oxygen atoms in total. The smallest absolute Gasteiger partial charge is 0.328 e. The van der Waals surface area contributed by atoms with Crippen LogP contribution in [0.3, 0.4) is 0 Å². The van der Waals surface area contributed by atoms with Crippen molar-refractivity contribution in [3.8, 4) is 0 Å². The Morgan fingerprint density at radius 3 is 2.09 bits per heavy atom. The van der Waals surface area contributed by atoms with Crippen LogP contribution >= 0.6 is 0 Å². The predicted molar refractivity (Wildman–Crippen MR) is 120 cm³/mol. The van der Waals surface area contributed by atoms with Crippen LogP contribution in [0.4, 0.5) is 0 Å². The Labute approximate surface area is 193 Å². The van der Waals surface area contributed by atoms with Gasteiger partial charge < -0.3 is 36.9 Å². The van der Waals surface area contributed by atoms with Gasteiger partial charge in [-0.05, 0) is 18.8 Å². The summed E-state index contributed by atoms with van der Waals surface area (Å²) in [4.78, 5) is 56.5. The Morgan fingerprint density at radius 1 is 1.03 bits per heavy atom. The number of rotatable bonds is 13. The zero-order chi connectivity index (χ0) is 25.3. The van der Waals surface area contributed by atoms with Crippen molar-refractivity contribution in [2.24, 2.45) is 17.6 Å². The van der Waals surface area contributed by atoms with E-state index in [1.807, 2.05) is 13.8 Å². The molecule has 33 heavy (non-hydrogen) atoms. The highest BCUT2D eigenvalue weighted by atomic mass is 16.4. The lowest BCUT2D eigenvalue weighted by atomic mass is 9.97. The molecule has 6 atom stereocenters. The summed E-state index contributed by atoms with van der Waals surface area (Å²) in [5.41, 5.74) is 6.49. The topological polar surface area (TPSA) is 200 Å². The molecule has 0 aliphatic heterocycles. The van der Waals surface area contributed by atoms with Crippen molar-refractivity contribution in [1.82, 2.24) is 25.9 Å². The van der Waals surface area contributed by atoms with E-state index in [4.69, 9.17) is 5.73 Å². The van der Waals surface area contributed by atoms with E-state index in [0.717, 1.165) is 0 Å². The molecule has 1 rings (SSSR count). The standard InChI is InChI=1S/C21H36N6O6/c1-6-11(4)15(22)19(30)26-16(10(2)3)20(31)25-14(7-13-8-23-9-24-13)18(29)27-17(12(5)28)21(32)33/h8-12,14-17,28H,6-7,22H2,1-5H3,(H,23,24)(H,25,31)(H,26,30)(H,27,29)(H,32,33). The van der Waals surface area contributed by atoms with Crippen LogP contribution in [0.25, 0.3) is 0 Å². The van der Waals surface area contributed by atoms with Gasteiger partial charge in [0.2, 0.25) is 17.7 Å². The molecule has 1 heterocycles. The molecule has 6 unspecified atom stereocenters. The van der Waals surface area contributed by atoms with E-state index in [2.05, 4.69) is 25.9 Å². The number of aromatic amines is 1. The predicted octanol–water partition coefficient (Wildman–Crippen LogP) is -1.10. The summed E-state index contributed by atoms with van der Waals surface area (Å²) in [5.74, 6) is -3.75. The molecule has 0 aliphatic carbocycles. The zero-order valence-electron chi connectivity index (χ0n) is 19.7. The van der Waals surface area contributed by atoms with Gasteiger partial charge >= 0.3 is 5.97 Å². The number of carboxylic acid groups (broad SMARTS) is 1. The van der Waals surface area contributed by atoms with Gasteiger partial charge in [0.15, 0.2) is 6.04 Å². The van der Waals surface area contributed by atoms with E-state index in [1.54, 1.807) is 13.8 Å². The maximum atomic E-state index is 13.0. The number of amides is 3. The molecule has 0 saturated carbocycles. The number of aromatic nitrogens is 2. The van der Waals surface area contributed by atoms with Gasteiger partial charge in [-0.2, -0.15) is 0 Å². The number of carboxylic acids is 1. The lowest BCUT2D eigenvalue weighted by Gasteiger charge is -2.28. The highest BCUT2D eigenvalue weighted by Gasteiger charge is 2.33. The lowest BCUT2D eigenvalue weighted by Crippen LogP contribution is -2.60. The lowest BCUT2D eigenvalue weighted by molar-refractivity contribution is -0.145. The summed E-state index contributed by atoms with van der Waals surface area (Å²) in [6.45, 7) is 8.43. The SMILES string of the molecule is CCC(C)C(N)C(=O)NC(C(=O)NC(Cc1cnc[nH]1)C(=O)NC(C(=O)O)C(C)O)C(C)C. The highest BCUT2D eigenvalue weighted by Crippen LogP contribution is 2.09. The van der Waals surface area contributed by atoms with E-state index in [0.29, 0.717) is 12.1 Å². The highest BCUT2D eigenvalue weighted by molar-refractivity contribution is 5.94. The number of aliphatic carboxylic acids is 1. The molecule has 0 aromatic carbocycles. The monoisotopic (exact) mass is 468 g/mol. The number of carbonyl (C=O) groups is 4. The van der Waals surface area contributed by atoms with Crippen molar-refractivity contribution in [1.29, 1.82) is 0 Å². The molecular weight excluding hydrogens is 432 g/mol. The number of hydrogen-bond donors (Lipinski definition) is 7. The molecule has 0 fully saturated rings. The van der Waals surface area contributed by atoms with Gasteiger partial charge in [0.05, 0.1) is 18.5 Å². The summed E-state index contributed by atoms with van der Waals surface area (Å²) in [7, 11) is 0. The third-order valence-corrected chi connectivity index (χ3v) is 5.46. The number of carbonyl (C=O) groups excluding carboxylic acids is 3. The molecule has 12 heteroatoms. The van der Waals surface area contributed by atoms with Gasteiger partial charge in [-0.15, -0.1) is 0 Å². The molecule has 0 radical (unpaired) electrons. The molecule has 0 spiro atoms. The number of hydrogen-bond acceptors (Lipinski definition) is 7. The average Bonchev–Trinajstić information content (AvgIpc) is 3.25. The maximum absolute atomic E-state index is 13.0. The molecule has 3 amide bonds. The Morgan fingerprint density at radius 2 is 1.64 bits per heavy atom. The molecule has 8 N–H and O–H groups in total. The first-order valence-corrected chi connectivity index (χ1v) is 10.9. The first-order valence-electron chi connectivity index (χ1n) is 10.9. The Balaban J connectivity index is 3.05. The van der Waals surface area contributed by atoms with Crippen LogP contribution in [0.15, 0.2) is 12.5 Å². The summed E-state index contributed by atoms with van der Waals surface area (Å²) >= 11 is 0. The molecule has 1 aromatic heterocycles. The molecule has 0 bridgehead atoms. The number of nitrogens with two attached hydrogens (primary N) is 1. The second kappa shape index (κ2) is 12.9. The molecule has 1 aromatic rings. The average molecular weight is 469 g/mol. The van der Waals surface area contributed by atoms with Gasteiger partial charge in [0.25, 0.3) is 0 Å². The largest absolute Gasteiger partial charge is 0.480 e. The minimum absolute atomic E-state index is 0.0190. The van der Waals surface area contributed by atoms with Crippen LogP contribution in [-0.4, -0.2) is 74.1 Å². The summed E-state index contributed by atoms with van der Waals surface area (Å²) in [5, 5.41) is 26.4. The number of aliphatic hydroxyl groups excluding tert-OH is 1. The first-order chi connectivity index (χ1) is 15.4. The van der Waals surface area contributed by atoms with Gasteiger partial charge in [-0.25, -0.2) is 9.78 Å². The van der Waals surface area contributed by atoms with E-state index < -0.39 is 54.0 Å². The van der Waals surface area contributed by atoms with Gasteiger partial charge in [0, 0.05) is 18.3 Å². The third kappa shape index (κ3) is 8.46. The van der Waals surface area contributed by atoms with Gasteiger partial charge in [-0.3, -0.25) is 14.4 Å². The quantitative estimate of drug-likeness (QED) is 0.189. The minimum Gasteiger partial charge on any atom is -0.480 e. The van der Waals surface area contributed by atoms with Crippen molar-refractivity contribution in [3.05, 3.63) is 18.2 Å². The molecule has 0 aliphatic rings. The summed E-state index contributed by atoms with van der Waals surface area (Å²) in [6.07, 6.45) is 2.17. The van der Waals surface area contributed by atoms with Crippen LogP contribution < -0.4 is 21.7 Å². The van der Waals surface area contributed by atoms with E-state index in [9.17, 15) is 29.4 Å². The number of aliphatic hydroxyl groups is 1. The van der Waals surface area contributed by atoms with Crippen LogP contribution in [0, 0.1) is 11.8 Å². The van der Waals surface area contributed by atoms with Crippen LogP contribution in [0.5, 0.6) is 0 Å². The fraction of sp³-hybridized carbons (Fsp3) is 0.667. The van der Waals surface area contributed by atoms with Crippen LogP contribution in [0.2, 0.25) is 0 Å². The number of nitrogens with zero attached hydrogens (tertiary/aromatic N) is 1. The fourth-order valence-corrected chi connectivity index (χ4v) is 3.03. The second-order valence-electron chi connectivity index (χ2n) is 8.55. The van der Waals surface area contributed by atoms with Crippen molar-refractivity contribution in [2.75, 3.05) is 0 Å². The van der Waals surface area contributed by atoms with Crippen molar-refractivity contribution >= 4 is 23.7 Å². The van der Waals surface area contributed by atoms with Crippen molar-refractivity contribution in [3.63, 3.8) is 0 Å². The summed E-state index contributed by atoms with van der Waals surface area (Å²) < 4.78 is 0. The van der Waals surface area contributed by atoms with Crippen molar-refractivity contribution < 1.29 is 29.4 Å². The third-order valence-electron chi connectivity index (χ3n) is 5.46. The van der Waals surface area contributed by atoms with Gasteiger partial charge in [-0.1, -0.05) is 34.1 Å². The molecule has 186 valence electrons. The number of imidazole rings is 1. The van der Waals surface area contributed by atoms with E-state index >= 15 is 0 Å². The number of nitrogens with one attached hydrogen (secondary N) is 4. The number of H-pyrrole nitrogens is 1. The summed E-state index contributed by atoms with van der Waals surface area (Å²) in [6, 6.07) is -4.53. The zero-order valence-corrected chi connectivity index (χ0v) is 19.7. The van der Waals surface area contributed by atoms with Crippen molar-refractivity contribution in [2.45, 2.75) is 77.7 Å². The van der Waals surface area contributed by atoms with E-state index in [1.165, 1.54) is 19.4 Å². The first kappa shape index (κ1) is 28.0. The van der Waals surface area contributed by atoms with Crippen LogP contribution in [0.1, 0.15) is 46.7 Å². The molecule has 0 saturated heterocycles. The Hall–Kier alpha value is -2.99. The van der Waals surface area contributed by atoms with E-state index in [-0.39, 0.29) is 18.3 Å². The maximum Gasteiger partial charge on any atom is 0.328 e. The van der Waals surface area contributed by atoms with Gasteiger partial charge in [0.1, 0.15) is 12.1 Å². The van der Waals surface area contributed by atoms with Crippen LogP contribution in [-0.2, 0) is 25.6 Å². The second-order valence-corrected chi connectivity index (χ2v) is 8.55. The Bertz CT molecular complexity index is 797. The fourth-order valence-electron chi connectivity index (χ4n) is 3.03.